The number of carbonyl (C=O) groups excluding carboxylic acids is 1. The van der Waals surface area contributed by atoms with Gasteiger partial charge < -0.3 is 14.9 Å². The summed E-state index contributed by atoms with van der Waals surface area (Å²) < 4.78 is 5.01. The Labute approximate surface area is 208 Å². The molecule has 1 heterocycles. The van der Waals surface area contributed by atoms with Crippen LogP contribution in [-0.2, 0) is 17.6 Å². The first kappa shape index (κ1) is 25.8. The second kappa shape index (κ2) is 12.6. The first-order valence-corrected chi connectivity index (χ1v) is 13.0. The summed E-state index contributed by atoms with van der Waals surface area (Å²) in [5.41, 5.74) is 1.17. The van der Waals surface area contributed by atoms with Crippen LogP contribution in [0.15, 0.2) is 30.3 Å². The molecule has 176 valence electrons. The van der Waals surface area contributed by atoms with Crippen LogP contribution in [0.25, 0.3) is 0 Å². The van der Waals surface area contributed by atoms with Crippen molar-refractivity contribution in [1.29, 1.82) is 0 Å². The summed E-state index contributed by atoms with van der Waals surface area (Å²) in [6.45, 7) is -0.635. The van der Waals surface area contributed by atoms with Crippen LogP contribution in [0.5, 0.6) is 0 Å². The maximum Gasteiger partial charge on any atom is 0.348 e. The molecule has 8 heteroatoms. The van der Waals surface area contributed by atoms with Crippen LogP contribution in [0.2, 0.25) is 10.0 Å². The van der Waals surface area contributed by atoms with Gasteiger partial charge in [-0.05, 0) is 92.7 Å². The number of esters is 1. The van der Waals surface area contributed by atoms with Gasteiger partial charge in [-0.1, -0.05) is 23.2 Å². The third kappa shape index (κ3) is 7.61. The molecule has 1 aromatic carbocycles. The molecule has 1 saturated carbocycles. The average molecular weight is 520 g/mol. The molecule has 0 radical (unpaired) electrons. The van der Waals surface area contributed by atoms with Gasteiger partial charge in [-0.25, -0.2) is 4.79 Å². The Balaban J connectivity index is 1.46. The maximum absolute atomic E-state index is 12.0. The lowest BCUT2D eigenvalue weighted by molar-refractivity contribution is 0.00971. The van der Waals surface area contributed by atoms with E-state index in [9.17, 15) is 9.90 Å². The number of benzene rings is 1. The molecule has 0 saturated heterocycles. The molecule has 32 heavy (non-hydrogen) atoms. The van der Waals surface area contributed by atoms with Gasteiger partial charge in [-0.2, -0.15) is 0 Å². The Morgan fingerprint density at radius 1 is 1.12 bits per heavy atom. The summed E-state index contributed by atoms with van der Waals surface area (Å²) in [5, 5.41) is 19.7. The Hall–Kier alpha value is -0.820. The number of thiophene rings is 1. The molecule has 0 aliphatic heterocycles. The van der Waals surface area contributed by atoms with E-state index in [1.807, 2.05) is 18.2 Å². The molecule has 4 atom stereocenters. The van der Waals surface area contributed by atoms with E-state index in [-0.39, 0.29) is 12.0 Å². The predicted octanol–water partition coefficient (Wildman–Crippen LogP) is 6.15. The highest BCUT2D eigenvalue weighted by Gasteiger charge is 2.34. The lowest BCUT2D eigenvalue weighted by atomic mass is 9.86. The zero-order chi connectivity index (χ0) is 23.1. The van der Waals surface area contributed by atoms with Crippen LogP contribution in [-0.4, -0.2) is 40.9 Å². The molecular weight excluding hydrogens is 491 g/mol. The first-order valence-electron chi connectivity index (χ1n) is 11.0. The summed E-state index contributed by atoms with van der Waals surface area (Å²) in [5.74, 6) is 0.629. The van der Waals surface area contributed by atoms with Gasteiger partial charge in [0, 0.05) is 20.3 Å². The van der Waals surface area contributed by atoms with E-state index in [0.29, 0.717) is 26.8 Å². The largest absolute Gasteiger partial charge is 0.459 e. The van der Waals surface area contributed by atoms with E-state index < -0.39 is 18.7 Å². The molecule has 3 rings (SSSR count). The molecule has 2 aromatic rings. The Bertz CT molecular complexity index is 868. The second-order valence-corrected chi connectivity index (χ2v) is 11.0. The molecule has 0 spiro atoms. The number of rotatable bonds is 11. The van der Waals surface area contributed by atoms with Crippen molar-refractivity contribution in [2.24, 2.45) is 11.8 Å². The van der Waals surface area contributed by atoms with Gasteiger partial charge in [-0.15, -0.1) is 22.9 Å². The summed E-state index contributed by atoms with van der Waals surface area (Å²) in [7, 11) is 0. The maximum atomic E-state index is 12.0. The number of ether oxygens (including phenoxy) is 1. The number of halogens is 3. The smallest absolute Gasteiger partial charge is 0.348 e. The molecular formula is C24H29Cl3O4S. The van der Waals surface area contributed by atoms with Crippen LogP contribution in [0, 0.1) is 11.8 Å². The van der Waals surface area contributed by atoms with E-state index in [2.05, 4.69) is 0 Å². The van der Waals surface area contributed by atoms with Gasteiger partial charge in [0.1, 0.15) is 17.6 Å². The highest BCUT2D eigenvalue weighted by atomic mass is 35.5. The van der Waals surface area contributed by atoms with E-state index >= 15 is 0 Å². The Morgan fingerprint density at radius 2 is 1.88 bits per heavy atom. The first-order chi connectivity index (χ1) is 15.4. The van der Waals surface area contributed by atoms with Gasteiger partial charge in [0.2, 0.25) is 0 Å². The van der Waals surface area contributed by atoms with Crippen molar-refractivity contribution in [2.45, 2.75) is 56.4 Å². The number of hydrogen-bond donors (Lipinski definition) is 2. The zero-order valence-corrected chi connectivity index (χ0v) is 20.9. The molecule has 1 aliphatic carbocycles. The van der Waals surface area contributed by atoms with Crippen molar-refractivity contribution in [2.75, 3.05) is 13.2 Å². The van der Waals surface area contributed by atoms with E-state index in [0.717, 1.165) is 49.8 Å². The van der Waals surface area contributed by atoms with E-state index in [1.165, 1.54) is 16.9 Å². The standard InChI is InChI=1S/C24H29Cl3O4S/c25-17-10-15(11-18(26)12-17)4-5-16-6-8-22(27)21(16)3-1-2-20-7-9-23(32-20)24(30)31-14-19(29)13-28/h7,9-12,16,19,21-22,28-29H,1-6,8,13-14H2/t16-,19?,21+,22+/m0/s1. The van der Waals surface area contributed by atoms with Crippen LogP contribution in [0.1, 0.15) is 52.2 Å². The quantitative estimate of drug-likeness (QED) is 0.276. The SMILES string of the molecule is O=C(OCC(O)CO)c1ccc(CCC[C@@H]2[C@@H](CCc3cc(Cl)cc(Cl)c3)CC[C@H]2Cl)s1. The molecule has 4 nitrogen and oxygen atoms in total. The predicted molar refractivity (Wildman–Crippen MR) is 131 cm³/mol. The number of alkyl halides is 1. The summed E-state index contributed by atoms with van der Waals surface area (Å²) in [6, 6.07) is 9.44. The normalized spacial score (nSPS) is 21.6. The Morgan fingerprint density at radius 3 is 2.59 bits per heavy atom. The minimum absolute atomic E-state index is 0.204. The molecule has 0 bridgehead atoms. The van der Waals surface area contributed by atoms with Crippen molar-refractivity contribution in [1.82, 2.24) is 0 Å². The van der Waals surface area contributed by atoms with Crippen molar-refractivity contribution in [3.63, 3.8) is 0 Å². The number of aliphatic hydroxyl groups excluding tert-OH is 2. The summed E-state index contributed by atoms with van der Waals surface area (Å²) in [4.78, 5) is 13.7. The molecule has 2 N–H and O–H groups in total. The Kier molecular flexibility index (Phi) is 10.1. The molecule has 1 aromatic heterocycles. The van der Waals surface area contributed by atoms with Gasteiger partial charge in [0.15, 0.2) is 0 Å². The minimum atomic E-state index is -1.04. The third-order valence-corrected chi connectivity index (χ3v) is 8.15. The van der Waals surface area contributed by atoms with E-state index in [4.69, 9.17) is 44.6 Å². The monoisotopic (exact) mass is 518 g/mol. The van der Waals surface area contributed by atoms with Crippen LogP contribution >= 0.6 is 46.1 Å². The number of carbonyl (C=O) groups is 1. The lowest BCUT2D eigenvalue weighted by Gasteiger charge is -2.22. The van der Waals surface area contributed by atoms with E-state index in [1.54, 1.807) is 12.1 Å². The van der Waals surface area contributed by atoms with Gasteiger partial charge >= 0.3 is 5.97 Å². The molecule has 1 aliphatic rings. The fraction of sp³-hybridized carbons (Fsp3) is 0.542. The molecule has 0 amide bonds. The summed E-state index contributed by atoms with van der Waals surface area (Å²) >= 11 is 20.3. The fourth-order valence-electron chi connectivity index (χ4n) is 4.41. The van der Waals surface area contributed by atoms with Gasteiger partial charge in [0.25, 0.3) is 0 Å². The lowest BCUT2D eigenvalue weighted by Crippen LogP contribution is -2.21. The number of aryl methyl sites for hydroxylation is 2. The molecule has 1 fully saturated rings. The van der Waals surface area contributed by atoms with Crippen molar-refractivity contribution in [3.8, 4) is 0 Å². The highest BCUT2D eigenvalue weighted by molar-refractivity contribution is 7.13. The highest BCUT2D eigenvalue weighted by Crippen LogP contribution is 2.41. The molecule has 1 unspecified atom stereocenters. The van der Waals surface area contributed by atoms with Crippen LogP contribution < -0.4 is 0 Å². The zero-order valence-electron chi connectivity index (χ0n) is 17.8. The van der Waals surface area contributed by atoms with Crippen LogP contribution in [0.4, 0.5) is 0 Å². The third-order valence-electron chi connectivity index (χ3n) is 6.05. The topological polar surface area (TPSA) is 66.8 Å². The minimum Gasteiger partial charge on any atom is -0.459 e. The van der Waals surface area contributed by atoms with Gasteiger partial charge in [-0.3, -0.25) is 0 Å². The second-order valence-electron chi connectivity index (χ2n) is 8.43. The van der Waals surface area contributed by atoms with Crippen LogP contribution in [0.3, 0.4) is 0 Å². The van der Waals surface area contributed by atoms with Crippen molar-refractivity contribution in [3.05, 3.63) is 55.7 Å². The summed E-state index contributed by atoms with van der Waals surface area (Å²) in [6.07, 6.45) is 6.18. The van der Waals surface area contributed by atoms with Gasteiger partial charge in [0.05, 0.1) is 6.61 Å². The fourth-order valence-corrected chi connectivity index (χ4v) is 6.38. The number of aliphatic hydroxyl groups is 2. The van der Waals surface area contributed by atoms with Crippen molar-refractivity contribution < 1.29 is 19.7 Å². The number of hydrogen-bond acceptors (Lipinski definition) is 5. The average Bonchev–Trinajstić information content (AvgIpc) is 3.37. The van der Waals surface area contributed by atoms with Crippen molar-refractivity contribution >= 4 is 52.1 Å².